The Morgan fingerprint density at radius 1 is 0.897 bits per heavy atom. The number of carbonyl (C=O) groups excluding carboxylic acids is 2. The van der Waals surface area contributed by atoms with Crippen LogP contribution in [0.5, 0.6) is 0 Å². The lowest BCUT2D eigenvalue weighted by molar-refractivity contribution is -0.111. The van der Waals surface area contributed by atoms with Gasteiger partial charge in [0.1, 0.15) is 0 Å². The van der Waals surface area contributed by atoms with Crippen LogP contribution in [0, 0.1) is 13.8 Å². The zero-order valence-corrected chi connectivity index (χ0v) is 23.2. The Hall–Kier alpha value is -4.20. The third-order valence-corrected chi connectivity index (χ3v) is 8.30. The number of rotatable bonds is 8. The molecule has 1 aromatic heterocycles. The molecule has 5 rings (SSSR count). The molecule has 5 aromatic rings. The molecular formula is C32H27N3O2S2. The van der Waals surface area contributed by atoms with Crippen LogP contribution in [0.3, 0.4) is 0 Å². The lowest BCUT2D eigenvalue weighted by Gasteiger charge is -2.09. The van der Waals surface area contributed by atoms with Gasteiger partial charge in [-0.05, 0) is 73.0 Å². The minimum Gasteiger partial charge on any atom is -0.322 e. The van der Waals surface area contributed by atoms with Crippen LogP contribution in [-0.2, 0) is 10.5 Å². The molecule has 0 saturated heterocycles. The van der Waals surface area contributed by atoms with E-state index in [2.05, 4.69) is 16.7 Å². The number of amides is 2. The zero-order valence-electron chi connectivity index (χ0n) is 21.6. The van der Waals surface area contributed by atoms with Gasteiger partial charge in [0.05, 0.1) is 10.2 Å². The van der Waals surface area contributed by atoms with E-state index in [1.54, 1.807) is 29.2 Å². The Labute approximate surface area is 236 Å². The van der Waals surface area contributed by atoms with E-state index in [1.807, 2.05) is 98.8 Å². The third-order valence-electron chi connectivity index (χ3n) is 6.07. The van der Waals surface area contributed by atoms with Crippen molar-refractivity contribution in [2.45, 2.75) is 23.9 Å². The number of aromatic nitrogens is 1. The number of fused-ring (bicyclic) bond motifs is 1. The summed E-state index contributed by atoms with van der Waals surface area (Å²) in [6.07, 6.45) is 3.32. The lowest BCUT2D eigenvalue weighted by atomic mass is 10.1. The highest BCUT2D eigenvalue weighted by molar-refractivity contribution is 8.00. The minimum atomic E-state index is -0.177. The smallest absolute Gasteiger partial charge is 0.255 e. The standard InChI is InChI=1S/C32H27N3O2S2/c1-21-8-15-27(22(2)18-21)34-31(37)25-12-9-24(10-13-25)20-38-32-35-28-16-14-26(19-29(28)39-32)33-30(36)17-11-23-6-4-3-5-7-23/h3-19H,20H2,1-2H3,(H,33,36)(H,34,37)/b17-11+. The van der Waals surface area contributed by atoms with Crippen LogP contribution in [0.1, 0.15) is 32.6 Å². The molecule has 0 atom stereocenters. The molecule has 0 aliphatic carbocycles. The molecule has 0 radical (unpaired) electrons. The van der Waals surface area contributed by atoms with Gasteiger partial charge in [0.25, 0.3) is 5.91 Å². The van der Waals surface area contributed by atoms with E-state index in [9.17, 15) is 9.59 Å². The maximum atomic E-state index is 12.7. The highest BCUT2D eigenvalue weighted by Crippen LogP contribution is 2.33. The normalized spacial score (nSPS) is 11.1. The lowest BCUT2D eigenvalue weighted by Crippen LogP contribution is -2.12. The number of thiazole rings is 1. The molecular weight excluding hydrogens is 523 g/mol. The van der Waals surface area contributed by atoms with Crippen molar-refractivity contribution in [1.29, 1.82) is 0 Å². The first kappa shape index (κ1) is 26.4. The Morgan fingerprint density at radius 2 is 1.69 bits per heavy atom. The molecule has 0 spiro atoms. The molecule has 0 fully saturated rings. The topological polar surface area (TPSA) is 71.1 Å². The van der Waals surface area contributed by atoms with Gasteiger partial charge in [-0.3, -0.25) is 9.59 Å². The molecule has 0 aliphatic rings. The molecule has 5 nitrogen and oxygen atoms in total. The maximum Gasteiger partial charge on any atom is 0.255 e. The van der Waals surface area contributed by atoms with Crippen LogP contribution in [0.2, 0.25) is 0 Å². The van der Waals surface area contributed by atoms with Crippen LogP contribution in [0.25, 0.3) is 16.3 Å². The van der Waals surface area contributed by atoms with Gasteiger partial charge in [-0.2, -0.15) is 0 Å². The molecule has 1 heterocycles. The van der Waals surface area contributed by atoms with Gasteiger partial charge in [-0.15, -0.1) is 11.3 Å². The van der Waals surface area contributed by atoms with Crippen molar-refractivity contribution in [3.63, 3.8) is 0 Å². The summed E-state index contributed by atoms with van der Waals surface area (Å²) < 4.78 is 1.97. The Balaban J connectivity index is 1.17. The van der Waals surface area contributed by atoms with Crippen molar-refractivity contribution in [3.8, 4) is 0 Å². The predicted octanol–water partition coefficient (Wildman–Crippen LogP) is 8.11. The fraction of sp³-hybridized carbons (Fsp3) is 0.0938. The molecule has 2 N–H and O–H groups in total. The summed E-state index contributed by atoms with van der Waals surface area (Å²) in [6.45, 7) is 4.03. The highest BCUT2D eigenvalue weighted by Gasteiger charge is 2.10. The number of hydrogen-bond donors (Lipinski definition) is 2. The van der Waals surface area contributed by atoms with Crippen molar-refractivity contribution >= 4 is 62.6 Å². The predicted molar refractivity (Wildman–Crippen MR) is 164 cm³/mol. The number of thioether (sulfide) groups is 1. The second kappa shape index (κ2) is 12.1. The number of carbonyl (C=O) groups is 2. The van der Waals surface area contributed by atoms with Crippen molar-refractivity contribution < 1.29 is 9.59 Å². The fourth-order valence-electron chi connectivity index (χ4n) is 4.01. The Kier molecular flexibility index (Phi) is 8.20. The minimum absolute atomic E-state index is 0.120. The Bertz CT molecular complexity index is 1660. The van der Waals surface area contributed by atoms with E-state index in [1.165, 1.54) is 11.6 Å². The highest BCUT2D eigenvalue weighted by atomic mass is 32.2. The first-order valence-corrected chi connectivity index (χ1v) is 14.3. The zero-order chi connectivity index (χ0) is 27.2. The van der Waals surface area contributed by atoms with Crippen molar-refractivity contribution in [2.75, 3.05) is 10.6 Å². The van der Waals surface area contributed by atoms with Crippen LogP contribution in [0.15, 0.2) is 101 Å². The maximum absolute atomic E-state index is 12.7. The van der Waals surface area contributed by atoms with Crippen LogP contribution in [0.4, 0.5) is 11.4 Å². The van der Waals surface area contributed by atoms with Gasteiger partial charge in [-0.1, -0.05) is 71.9 Å². The van der Waals surface area contributed by atoms with Gasteiger partial charge in [0, 0.05) is 28.8 Å². The largest absolute Gasteiger partial charge is 0.322 e. The fourth-order valence-corrected chi connectivity index (χ4v) is 6.07. The number of anilines is 2. The number of aryl methyl sites for hydroxylation is 2. The molecule has 0 unspecified atom stereocenters. The first-order valence-electron chi connectivity index (χ1n) is 12.5. The monoisotopic (exact) mass is 549 g/mol. The van der Waals surface area contributed by atoms with Crippen molar-refractivity contribution in [1.82, 2.24) is 4.98 Å². The summed E-state index contributed by atoms with van der Waals surface area (Å²) in [7, 11) is 0. The first-order chi connectivity index (χ1) is 18.9. The van der Waals surface area contributed by atoms with Gasteiger partial charge in [0.15, 0.2) is 4.34 Å². The molecule has 194 valence electrons. The summed E-state index contributed by atoms with van der Waals surface area (Å²) in [5, 5.41) is 5.91. The second-order valence-corrected chi connectivity index (χ2v) is 11.4. The summed E-state index contributed by atoms with van der Waals surface area (Å²) in [5.41, 5.74) is 7.38. The van der Waals surface area contributed by atoms with E-state index < -0.39 is 0 Å². The van der Waals surface area contributed by atoms with Gasteiger partial charge < -0.3 is 10.6 Å². The summed E-state index contributed by atoms with van der Waals surface area (Å²) in [4.78, 5) is 29.7. The number of nitrogens with zero attached hydrogens (tertiary/aromatic N) is 1. The molecule has 4 aromatic carbocycles. The molecule has 7 heteroatoms. The van der Waals surface area contributed by atoms with Gasteiger partial charge >= 0.3 is 0 Å². The molecule has 39 heavy (non-hydrogen) atoms. The molecule has 0 saturated carbocycles. The summed E-state index contributed by atoms with van der Waals surface area (Å²) in [5.74, 6) is 0.446. The van der Waals surface area contributed by atoms with E-state index in [0.29, 0.717) is 5.56 Å². The van der Waals surface area contributed by atoms with E-state index in [0.717, 1.165) is 48.4 Å². The SMILES string of the molecule is Cc1ccc(NC(=O)c2ccc(CSc3nc4ccc(NC(=O)/C=C/c5ccccc5)cc4s3)cc2)c(C)c1. The molecule has 0 bridgehead atoms. The second-order valence-electron chi connectivity index (χ2n) is 9.15. The van der Waals surface area contributed by atoms with E-state index in [4.69, 9.17) is 4.98 Å². The van der Waals surface area contributed by atoms with Crippen LogP contribution in [-0.4, -0.2) is 16.8 Å². The van der Waals surface area contributed by atoms with Crippen molar-refractivity contribution in [3.05, 3.63) is 125 Å². The number of benzene rings is 4. The summed E-state index contributed by atoms with van der Waals surface area (Å²) in [6, 6.07) is 29.1. The van der Waals surface area contributed by atoms with E-state index >= 15 is 0 Å². The number of nitrogens with one attached hydrogen (secondary N) is 2. The average Bonchev–Trinajstić information content (AvgIpc) is 3.35. The Morgan fingerprint density at radius 3 is 2.46 bits per heavy atom. The van der Waals surface area contributed by atoms with Gasteiger partial charge in [-0.25, -0.2) is 4.98 Å². The van der Waals surface area contributed by atoms with Crippen LogP contribution >= 0.6 is 23.1 Å². The van der Waals surface area contributed by atoms with Crippen molar-refractivity contribution in [2.24, 2.45) is 0 Å². The van der Waals surface area contributed by atoms with E-state index in [-0.39, 0.29) is 11.8 Å². The molecule has 0 aliphatic heterocycles. The van der Waals surface area contributed by atoms with Crippen LogP contribution < -0.4 is 10.6 Å². The average molecular weight is 550 g/mol. The summed E-state index contributed by atoms with van der Waals surface area (Å²) >= 11 is 3.25. The third kappa shape index (κ3) is 7.02. The quantitative estimate of drug-likeness (QED) is 0.151. The number of hydrogen-bond acceptors (Lipinski definition) is 5. The molecule has 2 amide bonds. The van der Waals surface area contributed by atoms with Gasteiger partial charge in [0.2, 0.25) is 5.91 Å².